The number of nitrogens with one attached hydrogen (secondary N) is 4. The van der Waals surface area contributed by atoms with Gasteiger partial charge in [-0.1, -0.05) is 31.0 Å². The molecule has 0 saturated heterocycles. The summed E-state index contributed by atoms with van der Waals surface area (Å²) in [6.07, 6.45) is 13.0. The van der Waals surface area contributed by atoms with Crippen LogP contribution in [0.4, 0.5) is 5.82 Å². The Balaban J connectivity index is 1.63. The Hall–Kier alpha value is -2.97. The third-order valence-corrected chi connectivity index (χ3v) is 6.21. The lowest BCUT2D eigenvalue weighted by atomic mass is 10.2. The summed E-state index contributed by atoms with van der Waals surface area (Å²) in [5.41, 5.74) is 4.00. The van der Waals surface area contributed by atoms with Crippen molar-refractivity contribution in [3.8, 4) is 0 Å². The summed E-state index contributed by atoms with van der Waals surface area (Å²) in [4.78, 5) is 9.29. The third-order valence-electron chi connectivity index (χ3n) is 5.31. The molecule has 3 rings (SSSR count). The lowest BCUT2D eigenvalue weighted by Crippen LogP contribution is -2.31. The van der Waals surface area contributed by atoms with E-state index in [-0.39, 0.29) is 0 Å². The molecule has 1 aliphatic carbocycles. The molecule has 2 heterocycles. The Kier molecular flexibility index (Phi) is 9.42. The second kappa shape index (κ2) is 12.5. The number of H-pyrrole nitrogens is 1. The SMILES string of the molecule is C=C/C(=C\C=C(/C)S/C(C)=C/C1=NC(CNC)=CN(C(=C)Nc2cc(C)[nH]n2)C1)NCC1CC1. The molecule has 0 amide bonds. The maximum absolute atomic E-state index is 4.84. The van der Waals surface area contributed by atoms with Gasteiger partial charge in [0.25, 0.3) is 0 Å². The first kappa shape index (κ1) is 25.6. The topological polar surface area (TPSA) is 80.4 Å². The molecule has 182 valence electrons. The number of aliphatic imine (C=N–C) groups is 1. The number of aryl methyl sites for hydroxylation is 1. The van der Waals surface area contributed by atoms with Crippen LogP contribution in [-0.2, 0) is 0 Å². The average molecular weight is 480 g/mol. The molecule has 7 nitrogen and oxygen atoms in total. The Morgan fingerprint density at radius 2 is 2.09 bits per heavy atom. The van der Waals surface area contributed by atoms with E-state index in [2.05, 4.69) is 76.3 Å². The van der Waals surface area contributed by atoms with Gasteiger partial charge in [-0.2, -0.15) is 5.10 Å². The van der Waals surface area contributed by atoms with E-state index in [0.29, 0.717) is 13.1 Å². The minimum absolute atomic E-state index is 0.634. The highest BCUT2D eigenvalue weighted by Gasteiger charge is 2.20. The number of aromatic amines is 1. The highest BCUT2D eigenvalue weighted by atomic mass is 32.2. The van der Waals surface area contributed by atoms with Crippen molar-refractivity contribution >= 4 is 23.3 Å². The molecule has 0 spiro atoms. The van der Waals surface area contributed by atoms with Crippen molar-refractivity contribution in [1.29, 1.82) is 0 Å². The zero-order chi connectivity index (χ0) is 24.5. The van der Waals surface area contributed by atoms with Crippen LogP contribution < -0.4 is 16.0 Å². The van der Waals surface area contributed by atoms with Crippen molar-refractivity contribution in [1.82, 2.24) is 25.7 Å². The van der Waals surface area contributed by atoms with Crippen LogP contribution in [0.3, 0.4) is 0 Å². The molecule has 2 aliphatic rings. The van der Waals surface area contributed by atoms with E-state index in [1.165, 1.54) is 22.7 Å². The fraction of sp³-hybridized carbons (Fsp3) is 0.385. The summed E-state index contributed by atoms with van der Waals surface area (Å²) in [5.74, 6) is 2.33. The van der Waals surface area contributed by atoms with E-state index in [4.69, 9.17) is 4.99 Å². The molecule has 0 atom stereocenters. The number of hydrogen-bond acceptors (Lipinski definition) is 7. The van der Waals surface area contributed by atoms with Crippen LogP contribution >= 0.6 is 11.8 Å². The molecule has 34 heavy (non-hydrogen) atoms. The van der Waals surface area contributed by atoms with Crippen molar-refractivity contribution < 1.29 is 0 Å². The van der Waals surface area contributed by atoms with Gasteiger partial charge in [0, 0.05) is 36.7 Å². The van der Waals surface area contributed by atoms with Gasteiger partial charge in [-0.05, 0) is 74.6 Å². The summed E-state index contributed by atoms with van der Waals surface area (Å²) in [7, 11) is 1.92. The molecule has 1 aromatic rings. The third kappa shape index (κ3) is 8.43. The van der Waals surface area contributed by atoms with E-state index in [1.807, 2.05) is 32.3 Å². The highest BCUT2D eigenvalue weighted by molar-refractivity contribution is 8.06. The van der Waals surface area contributed by atoms with Crippen LogP contribution in [0, 0.1) is 12.8 Å². The summed E-state index contributed by atoms with van der Waals surface area (Å²) in [5, 5.41) is 17.1. The van der Waals surface area contributed by atoms with Gasteiger partial charge in [0.15, 0.2) is 5.82 Å². The molecule has 0 unspecified atom stereocenters. The Bertz CT molecular complexity index is 1040. The van der Waals surface area contributed by atoms with Crippen LogP contribution in [0.25, 0.3) is 0 Å². The van der Waals surface area contributed by atoms with E-state index < -0.39 is 0 Å². The first-order valence-corrected chi connectivity index (χ1v) is 12.5. The zero-order valence-corrected chi connectivity index (χ0v) is 21.6. The normalized spacial score (nSPS) is 17.3. The number of hydrogen-bond donors (Lipinski definition) is 4. The number of thioether (sulfide) groups is 1. The fourth-order valence-electron chi connectivity index (χ4n) is 3.41. The van der Waals surface area contributed by atoms with E-state index in [1.54, 1.807) is 11.8 Å². The second-order valence-corrected chi connectivity index (χ2v) is 10.2. The monoisotopic (exact) mass is 479 g/mol. The van der Waals surface area contributed by atoms with Crippen LogP contribution in [0.2, 0.25) is 0 Å². The molecule has 0 aromatic carbocycles. The average Bonchev–Trinajstić information content (AvgIpc) is 3.53. The smallest absolute Gasteiger partial charge is 0.153 e. The largest absolute Gasteiger partial charge is 0.385 e. The van der Waals surface area contributed by atoms with Crippen molar-refractivity contribution in [2.24, 2.45) is 10.9 Å². The van der Waals surface area contributed by atoms with Crippen molar-refractivity contribution in [3.05, 3.63) is 82.4 Å². The lowest BCUT2D eigenvalue weighted by molar-refractivity contribution is 0.522. The van der Waals surface area contributed by atoms with Crippen LogP contribution in [0.5, 0.6) is 0 Å². The van der Waals surface area contributed by atoms with E-state index in [0.717, 1.165) is 46.9 Å². The Morgan fingerprint density at radius 3 is 2.74 bits per heavy atom. The van der Waals surface area contributed by atoms with Gasteiger partial charge in [-0.3, -0.25) is 10.1 Å². The Labute approximate surface area is 208 Å². The van der Waals surface area contributed by atoms with Crippen molar-refractivity contribution in [3.63, 3.8) is 0 Å². The van der Waals surface area contributed by atoms with Gasteiger partial charge in [0.2, 0.25) is 0 Å². The van der Waals surface area contributed by atoms with Gasteiger partial charge in [0.05, 0.1) is 18.0 Å². The molecule has 1 aliphatic heterocycles. The summed E-state index contributed by atoms with van der Waals surface area (Å²) < 4.78 is 0. The first-order chi connectivity index (χ1) is 16.4. The minimum atomic E-state index is 0.634. The maximum Gasteiger partial charge on any atom is 0.153 e. The molecule has 1 aromatic heterocycles. The van der Waals surface area contributed by atoms with Crippen LogP contribution in [0.1, 0.15) is 32.4 Å². The van der Waals surface area contributed by atoms with Gasteiger partial charge in [-0.15, -0.1) is 0 Å². The molecule has 4 N–H and O–H groups in total. The fourth-order valence-corrected chi connectivity index (χ4v) is 4.25. The van der Waals surface area contributed by atoms with Gasteiger partial charge < -0.3 is 20.9 Å². The van der Waals surface area contributed by atoms with E-state index >= 15 is 0 Å². The molecule has 0 radical (unpaired) electrons. The molecule has 1 fully saturated rings. The highest BCUT2D eigenvalue weighted by Crippen LogP contribution is 2.28. The molecule has 1 saturated carbocycles. The predicted octanol–water partition coefficient (Wildman–Crippen LogP) is 5.03. The zero-order valence-electron chi connectivity index (χ0n) is 20.7. The number of likely N-dealkylation sites (N-methyl/N-ethyl adjacent to an activating group) is 1. The number of allylic oxidation sites excluding steroid dienone is 5. The minimum Gasteiger partial charge on any atom is -0.385 e. The molecular weight excluding hydrogens is 442 g/mol. The van der Waals surface area contributed by atoms with Gasteiger partial charge >= 0.3 is 0 Å². The molecule has 0 bridgehead atoms. The maximum atomic E-state index is 4.84. The number of anilines is 1. The van der Waals surface area contributed by atoms with Gasteiger partial charge in [-0.25, -0.2) is 0 Å². The standard InChI is InChI=1S/C26H37N7S/c1-7-23(28-14-22-9-10-22)11-8-19(3)34-20(4)13-24-16-33(17-25(30-24)15-27-6)21(5)29-26-12-18(2)31-32-26/h7-8,11-13,17,22,27-28H,1,5,9-10,14-16H2,2-4,6H3,(H2,29,31,32)/b19-8+,20-13+,23-11+. The summed E-state index contributed by atoms with van der Waals surface area (Å²) >= 11 is 1.74. The first-order valence-electron chi connectivity index (χ1n) is 11.6. The lowest BCUT2D eigenvalue weighted by Gasteiger charge is -2.27. The van der Waals surface area contributed by atoms with Crippen LogP contribution in [-0.4, -0.2) is 47.5 Å². The Morgan fingerprint density at radius 1 is 1.29 bits per heavy atom. The molecular formula is C26H37N7S. The number of rotatable bonds is 13. The second-order valence-electron chi connectivity index (χ2n) is 8.67. The quantitative estimate of drug-likeness (QED) is 0.297. The van der Waals surface area contributed by atoms with Crippen molar-refractivity contribution in [2.45, 2.75) is 33.6 Å². The molecule has 8 heteroatoms. The number of nitrogens with zero attached hydrogens (tertiary/aromatic N) is 3. The summed E-state index contributed by atoms with van der Waals surface area (Å²) in [6, 6.07) is 1.95. The van der Waals surface area contributed by atoms with Gasteiger partial charge in [0.1, 0.15) is 5.82 Å². The van der Waals surface area contributed by atoms with E-state index in [9.17, 15) is 0 Å². The summed E-state index contributed by atoms with van der Waals surface area (Å²) in [6.45, 7) is 16.7. The predicted molar refractivity (Wildman–Crippen MR) is 146 cm³/mol. The van der Waals surface area contributed by atoms with Crippen LogP contribution in [0.15, 0.2) is 81.7 Å². The number of aromatic nitrogens is 2. The van der Waals surface area contributed by atoms with Crippen molar-refractivity contribution in [2.75, 3.05) is 32.0 Å².